The van der Waals surface area contributed by atoms with Crippen LogP contribution in [-0.4, -0.2) is 37.1 Å². The highest BCUT2D eigenvalue weighted by atomic mass is 16.5. The predicted molar refractivity (Wildman–Crippen MR) is 56.0 cm³/mol. The van der Waals surface area contributed by atoms with Crippen LogP contribution in [0.1, 0.15) is 20.3 Å². The van der Waals surface area contributed by atoms with Crippen LogP contribution in [0.25, 0.3) is 0 Å². The molecule has 0 aliphatic carbocycles. The smallest absolute Gasteiger partial charge is 0.236 e. The van der Waals surface area contributed by atoms with Gasteiger partial charge in [0.2, 0.25) is 5.91 Å². The topological polar surface area (TPSA) is 53.3 Å². The molecule has 1 fully saturated rings. The number of ether oxygens (including phenoxy) is 1. The van der Waals surface area contributed by atoms with Gasteiger partial charge in [0.1, 0.15) is 6.42 Å². The molecule has 0 N–H and O–H groups in total. The molecule has 1 aliphatic heterocycles. The second-order valence-electron chi connectivity index (χ2n) is 4.03. The van der Waals surface area contributed by atoms with Gasteiger partial charge in [-0.1, -0.05) is 6.92 Å². The van der Waals surface area contributed by atoms with E-state index in [9.17, 15) is 4.79 Å². The van der Waals surface area contributed by atoms with Crippen LogP contribution in [0.2, 0.25) is 0 Å². The number of likely N-dealkylation sites (tertiary alicyclic amines) is 1. The number of nitrogens with zero attached hydrogens (tertiary/aromatic N) is 2. The van der Waals surface area contributed by atoms with Crippen molar-refractivity contribution in [2.24, 2.45) is 11.8 Å². The second kappa shape index (κ2) is 5.72. The molecule has 4 nitrogen and oxygen atoms in total. The number of rotatable bonds is 4. The van der Waals surface area contributed by atoms with Crippen molar-refractivity contribution in [3.63, 3.8) is 0 Å². The summed E-state index contributed by atoms with van der Waals surface area (Å²) in [5, 5.41) is 8.45. The molecule has 15 heavy (non-hydrogen) atoms. The van der Waals surface area contributed by atoms with E-state index >= 15 is 0 Å². The Morgan fingerprint density at radius 1 is 1.60 bits per heavy atom. The molecule has 0 radical (unpaired) electrons. The summed E-state index contributed by atoms with van der Waals surface area (Å²) in [6.07, 6.45) is -0.00588. The van der Waals surface area contributed by atoms with Gasteiger partial charge in [-0.05, 0) is 12.8 Å². The third kappa shape index (κ3) is 3.21. The second-order valence-corrected chi connectivity index (χ2v) is 4.03. The van der Waals surface area contributed by atoms with E-state index in [0.717, 1.165) is 19.7 Å². The van der Waals surface area contributed by atoms with Crippen LogP contribution in [0, 0.1) is 23.2 Å². The lowest BCUT2D eigenvalue weighted by atomic mass is 9.99. The zero-order valence-corrected chi connectivity index (χ0v) is 9.40. The largest absolute Gasteiger partial charge is 0.381 e. The average molecular weight is 210 g/mol. The minimum atomic E-state index is -0.0525. The molecule has 0 aromatic carbocycles. The van der Waals surface area contributed by atoms with Crippen molar-refractivity contribution in [1.82, 2.24) is 4.90 Å². The molecule has 0 aromatic heterocycles. The highest BCUT2D eigenvalue weighted by Gasteiger charge is 2.31. The third-order valence-corrected chi connectivity index (χ3v) is 2.89. The molecule has 2 unspecified atom stereocenters. The fourth-order valence-corrected chi connectivity index (χ4v) is 1.90. The zero-order chi connectivity index (χ0) is 11.3. The van der Waals surface area contributed by atoms with Crippen LogP contribution < -0.4 is 0 Å². The van der Waals surface area contributed by atoms with Gasteiger partial charge in [-0.2, -0.15) is 5.26 Å². The molecule has 1 rings (SSSR count). The maximum absolute atomic E-state index is 11.5. The summed E-state index contributed by atoms with van der Waals surface area (Å²) >= 11 is 0. The Labute approximate surface area is 90.8 Å². The molecule has 1 aliphatic rings. The number of carbonyl (C=O) groups is 1. The summed E-state index contributed by atoms with van der Waals surface area (Å²) in [5.74, 6) is 0.843. The number of amides is 1. The van der Waals surface area contributed by atoms with E-state index in [2.05, 4.69) is 6.92 Å². The number of hydrogen-bond acceptors (Lipinski definition) is 3. The summed E-state index contributed by atoms with van der Waals surface area (Å²) in [5.41, 5.74) is 0. The van der Waals surface area contributed by atoms with E-state index in [-0.39, 0.29) is 12.3 Å². The van der Waals surface area contributed by atoms with Crippen molar-refractivity contribution < 1.29 is 9.53 Å². The van der Waals surface area contributed by atoms with Crippen molar-refractivity contribution in [3.05, 3.63) is 0 Å². The van der Waals surface area contributed by atoms with E-state index in [1.807, 2.05) is 13.0 Å². The normalized spacial score (nSPS) is 25.3. The first-order valence-electron chi connectivity index (χ1n) is 5.41. The molecule has 2 atom stereocenters. The summed E-state index contributed by atoms with van der Waals surface area (Å²) in [6, 6.07) is 1.89. The van der Waals surface area contributed by atoms with E-state index in [4.69, 9.17) is 10.00 Å². The van der Waals surface area contributed by atoms with Crippen LogP contribution in [-0.2, 0) is 9.53 Å². The first-order chi connectivity index (χ1) is 7.19. The first kappa shape index (κ1) is 12.0. The van der Waals surface area contributed by atoms with Crippen LogP contribution in [0.4, 0.5) is 0 Å². The number of hydrogen-bond donors (Lipinski definition) is 0. The first-order valence-corrected chi connectivity index (χ1v) is 5.41. The molecule has 1 saturated heterocycles. The Morgan fingerprint density at radius 3 is 2.93 bits per heavy atom. The molecular formula is C11H18N2O2. The van der Waals surface area contributed by atoms with E-state index in [0.29, 0.717) is 18.4 Å². The van der Waals surface area contributed by atoms with E-state index in [1.165, 1.54) is 0 Å². The Morgan fingerprint density at radius 2 is 2.33 bits per heavy atom. The molecule has 0 spiro atoms. The molecular weight excluding hydrogens is 192 g/mol. The van der Waals surface area contributed by atoms with Crippen molar-refractivity contribution in [3.8, 4) is 6.07 Å². The van der Waals surface area contributed by atoms with Crippen molar-refractivity contribution in [2.45, 2.75) is 20.3 Å². The Kier molecular flexibility index (Phi) is 4.57. The van der Waals surface area contributed by atoms with Gasteiger partial charge in [0.25, 0.3) is 0 Å². The lowest BCUT2D eigenvalue weighted by Gasteiger charge is -2.14. The van der Waals surface area contributed by atoms with Gasteiger partial charge < -0.3 is 9.64 Å². The average Bonchev–Trinajstić information content (AvgIpc) is 2.57. The SMILES string of the molecule is CCOCC1CN(C(=O)CC#N)CC1C. The maximum Gasteiger partial charge on any atom is 0.236 e. The minimum absolute atomic E-state index is 0.00588. The van der Waals surface area contributed by atoms with Gasteiger partial charge >= 0.3 is 0 Å². The highest BCUT2D eigenvalue weighted by Crippen LogP contribution is 2.23. The van der Waals surface area contributed by atoms with Gasteiger partial charge in [-0.15, -0.1) is 0 Å². The van der Waals surface area contributed by atoms with Gasteiger partial charge in [-0.25, -0.2) is 0 Å². The highest BCUT2D eigenvalue weighted by molar-refractivity contribution is 5.78. The van der Waals surface area contributed by atoms with E-state index in [1.54, 1.807) is 4.90 Å². The number of nitriles is 1. The quantitative estimate of drug-likeness (QED) is 0.696. The summed E-state index contributed by atoms with van der Waals surface area (Å²) < 4.78 is 5.37. The molecule has 0 saturated carbocycles. The monoisotopic (exact) mass is 210 g/mol. The molecule has 4 heteroatoms. The third-order valence-electron chi connectivity index (χ3n) is 2.89. The van der Waals surface area contributed by atoms with Crippen LogP contribution in [0.5, 0.6) is 0 Å². The maximum atomic E-state index is 11.5. The summed E-state index contributed by atoms with van der Waals surface area (Å²) in [4.78, 5) is 13.2. The standard InChI is InChI=1S/C11H18N2O2/c1-3-15-8-10-7-13(6-9(10)2)11(14)4-5-12/h9-10H,3-4,6-8H2,1-2H3. The Balaban J connectivity index is 2.41. The van der Waals surface area contributed by atoms with Gasteiger partial charge in [0.15, 0.2) is 0 Å². The van der Waals surface area contributed by atoms with Crippen molar-refractivity contribution in [1.29, 1.82) is 5.26 Å². The van der Waals surface area contributed by atoms with E-state index < -0.39 is 0 Å². The van der Waals surface area contributed by atoms with Crippen LogP contribution in [0.3, 0.4) is 0 Å². The predicted octanol–water partition coefficient (Wildman–Crippen LogP) is 1.03. The fraction of sp³-hybridized carbons (Fsp3) is 0.818. The minimum Gasteiger partial charge on any atom is -0.381 e. The summed E-state index contributed by atoms with van der Waals surface area (Å²) in [7, 11) is 0. The summed E-state index contributed by atoms with van der Waals surface area (Å²) in [6.45, 7) is 7.03. The number of carbonyl (C=O) groups excluding carboxylic acids is 1. The van der Waals surface area contributed by atoms with Crippen molar-refractivity contribution in [2.75, 3.05) is 26.3 Å². The zero-order valence-electron chi connectivity index (χ0n) is 9.40. The van der Waals surface area contributed by atoms with Gasteiger partial charge in [-0.3, -0.25) is 4.79 Å². The Hall–Kier alpha value is -1.08. The lowest BCUT2D eigenvalue weighted by Crippen LogP contribution is -2.28. The fourth-order valence-electron chi connectivity index (χ4n) is 1.90. The molecule has 84 valence electrons. The molecule has 1 heterocycles. The molecule has 0 bridgehead atoms. The van der Waals surface area contributed by atoms with Gasteiger partial charge in [0, 0.05) is 25.6 Å². The van der Waals surface area contributed by atoms with Crippen molar-refractivity contribution >= 4 is 5.91 Å². The van der Waals surface area contributed by atoms with Crippen LogP contribution >= 0.6 is 0 Å². The van der Waals surface area contributed by atoms with Gasteiger partial charge in [0.05, 0.1) is 12.7 Å². The molecule has 1 amide bonds. The van der Waals surface area contributed by atoms with Crippen LogP contribution in [0.15, 0.2) is 0 Å². The Bertz CT molecular complexity index is 260. The molecule has 0 aromatic rings. The lowest BCUT2D eigenvalue weighted by molar-refractivity contribution is -0.129.